The van der Waals surface area contributed by atoms with Crippen molar-refractivity contribution in [1.82, 2.24) is 0 Å². The quantitative estimate of drug-likeness (QED) is 0.614. The summed E-state index contributed by atoms with van der Waals surface area (Å²) in [6.45, 7) is 4.36. The molecule has 0 aromatic carbocycles. The van der Waals surface area contributed by atoms with Crippen molar-refractivity contribution >= 4 is 12.6 Å². The van der Waals surface area contributed by atoms with Crippen LogP contribution in [0.1, 0.15) is 12.4 Å². The van der Waals surface area contributed by atoms with Crippen molar-refractivity contribution in [3.63, 3.8) is 0 Å². The molecule has 0 saturated carbocycles. The van der Waals surface area contributed by atoms with Gasteiger partial charge >= 0.3 is 68.5 Å². The predicted molar refractivity (Wildman–Crippen MR) is 51.5 cm³/mol. The monoisotopic (exact) mass is 147 g/mol. The SMILES string of the molecule is CCc1bcccc1N(C)C. The van der Waals surface area contributed by atoms with Crippen molar-refractivity contribution < 1.29 is 0 Å². The van der Waals surface area contributed by atoms with Gasteiger partial charge in [0.05, 0.1) is 0 Å². The van der Waals surface area contributed by atoms with Gasteiger partial charge in [0.1, 0.15) is 0 Å². The Bertz CT molecular complexity index is 233. The summed E-state index contributed by atoms with van der Waals surface area (Å²) in [5.74, 6) is 2.09. The average Bonchev–Trinajstić information content (AvgIpc) is 2.04. The fourth-order valence-corrected chi connectivity index (χ4v) is 1.25. The number of hydrogen-bond acceptors (Lipinski definition) is 1. The van der Waals surface area contributed by atoms with Gasteiger partial charge in [-0.25, -0.2) is 0 Å². The van der Waals surface area contributed by atoms with Crippen molar-refractivity contribution in [3.8, 4) is 0 Å². The van der Waals surface area contributed by atoms with Crippen LogP contribution in [0.15, 0.2) is 18.1 Å². The number of rotatable bonds is 2. The first kappa shape index (κ1) is 8.31. The van der Waals surface area contributed by atoms with Crippen LogP contribution in [0.25, 0.3) is 0 Å². The molecule has 1 rings (SSSR count). The fourth-order valence-electron chi connectivity index (χ4n) is 1.25. The third-order valence-corrected chi connectivity index (χ3v) is 1.85. The van der Waals surface area contributed by atoms with Crippen molar-refractivity contribution in [2.24, 2.45) is 0 Å². The molecule has 0 fully saturated rings. The topological polar surface area (TPSA) is 3.24 Å². The van der Waals surface area contributed by atoms with Gasteiger partial charge in [0.25, 0.3) is 0 Å². The Morgan fingerprint density at radius 1 is 1.45 bits per heavy atom. The number of aryl methyl sites for hydroxylation is 1. The van der Waals surface area contributed by atoms with Crippen molar-refractivity contribution in [3.05, 3.63) is 23.6 Å². The normalized spacial score (nSPS) is 9.36. The molecule has 0 spiro atoms. The third-order valence-electron chi connectivity index (χ3n) is 1.85. The number of nitrogens with zero attached hydrogens (tertiary/aromatic N) is 1. The summed E-state index contributed by atoms with van der Waals surface area (Å²) in [5, 5.41) is 0. The molecule has 0 saturated heterocycles. The minimum atomic E-state index is 1.11. The van der Waals surface area contributed by atoms with Gasteiger partial charge in [-0.15, -0.1) is 0 Å². The average molecular weight is 147 g/mol. The van der Waals surface area contributed by atoms with Crippen LogP contribution in [0.4, 0.5) is 5.69 Å². The van der Waals surface area contributed by atoms with Gasteiger partial charge in [0, 0.05) is 0 Å². The van der Waals surface area contributed by atoms with Crippen molar-refractivity contribution in [1.29, 1.82) is 0 Å². The van der Waals surface area contributed by atoms with Gasteiger partial charge in [-0.3, -0.25) is 0 Å². The molecule has 0 bridgehead atoms. The van der Waals surface area contributed by atoms with Gasteiger partial charge in [-0.05, 0) is 0 Å². The van der Waals surface area contributed by atoms with E-state index < -0.39 is 0 Å². The summed E-state index contributed by atoms with van der Waals surface area (Å²) in [5.41, 5.74) is 2.74. The Hall–Kier alpha value is -0.785. The van der Waals surface area contributed by atoms with E-state index in [4.69, 9.17) is 0 Å². The summed E-state index contributed by atoms with van der Waals surface area (Å²) in [7, 11) is 4.16. The van der Waals surface area contributed by atoms with Crippen LogP contribution in [-0.4, -0.2) is 21.0 Å². The molecular weight excluding hydrogens is 133 g/mol. The minimum absolute atomic E-state index is 1.11. The molecule has 1 aromatic heterocycles. The second-order valence-corrected chi connectivity index (χ2v) is 2.88. The molecule has 0 aliphatic heterocycles. The van der Waals surface area contributed by atoms with Gasteiger partial charge in [-0.2, -0.15) is 0 Å². The second-order valence-electron chi connectivity index (χ2n) is 2.88. The zero-order chi connectivity index (χ0) is 8.27. The fraction of sp³-hybridized carbons (Fsp3) is 0.444. The Kier molecular flexibility index (Phi) is 2.69. The standard InChI is InChI=1S/C9H14BN/c1-4-8-9(11(2)3)6-5-7-10-8/h5-7H,4H2,1-3H3. The van der Waals surface area contributed by atoms with Crippen LogP contribution in [0.3, 0.4) is 0 Å². The number of anilines is 1. The molecule has 1 aromatic rings. The summed E-state index contributed by atoms with van der Waals surface area (Å²) >= 11 is 0. The van der Waals surface area contributed by atoms with Crippen LogP contribution in [0.2, 0.25) is 0 Å². The van der Waals surface area contributed by atoms with Crippen molar-refractivity contribution in [2.75, 3.05) is 19.0 Å². The van der Waals surface area contributed by atoms with Gasteiger partial charge in [0.15, 0.2) is 0 Å². The van der Waals surface area contributed by atoms with E-state index in [0.29, 0.717) is 0 Å². The molecule has 0 atom stereocenters. The van der Waals surface area contributed by atoms with Crippen LogP contribution in [0.5, 0.6) is 0 Å². The molecule has 0 amide bonds. The molecule has 0 unspecified atom stereocenters. The molecule has 2 heteroatoms. The van der Waals surface area contributed by atoms with E-state index in [1.165, 1.54) is 11.1 Å². The first-order valence-corrected chi connectivity index (χ1v) is 4.01. The Morgan fingerprint density at radius 2 is 2.18 bits per heavy atom. The third kappa shape index (κ3) is 1.82. The van der Waals surface area contributed by atoms with E-state index in [0.717, 1.165) is 6.42 Å². The van der Waals surface area contributed by atoms with E-state index in [9.17, 15) is 0 Å². The van der Waals surface area contributed by atoms with E-state index in [1.54, 1.807) is 0 Å². The van der Waals surface area contributed by atoms with Gasteiger partial charge in [0.2, 0.25) is 0 Å². The molecule has 0 aliphatic rings. The predicted octanol–water partition coefficient (Wildman–Crippen LogP) is 1.65. The van der Waals surface area contributed by atoms with Gasteiger partial charge in [-0.1, -0.05) is 0 Å². The summed E-state index contributed by atoms with van der Waals surface area (Å²) in [6, 6.07) is 4.23. The molecular formula is C9H14BN. The Morgan fingerprint density at radius 3 is 2.64 bits per heavy atom. The molecule has 0 aliphatic carbocycles. The van der Waals surface area contributed by atoms with Crippen LogP contribution < -0.4 is 4.90 Å². The Balaban J connectivity index is 3.02. The van der Waals surface area contributed by atoms with Crippen LogP contribution in [0, 0.1) is 0 Å². The Labute approximate surface area is 69.3 Å². The van der Waals surface area contributed by atoms with Crippen LogP contribution in [-0.2, 0) is 6.42 Å². The first-order valence-electron chi connectivity index (χ1n) is 4.01. The second kappa shape index (κ2) is 3.56. The summed E-state index contributed by atoms with van der Waals surface area (Å²) in [4.78, 5) is 2.15. The zero-order valence-corrected chi connectivity index (χ0v) is 7.46. The van der Waals surface area contributed by atoms with Gasteiger partial charge < -0.3 is 0 Å². The van der Waals surface area contributed by atoms with E-state index in [-0.39, 0.29) is 0 Å². The van der Waals surface area contributed by atoms with E-state index in [1.807, 2.05) is 0 Å². The molecule has 1 heterocycles. The maximum atomic E-state index is 2.18. The maximum absolute atomic E-state index is 2.18. The zero-order valence-electron chi connectivity index (χ0n) is 7.46. The first-order chi connectivity index (χ1) is 5.25. The van der Waals surface area contributed by atoms with Crippen molar-refractivity contribution in [2.45, 2.75) is 13.3 Å². The molecule has 0 N–H and O–H groups in total. The molecule has 58 valence electrons. The molecule has 11 heavy (non-hydrogen) atoms. The van der Waals surface area contributed by atoms with E-state index >= 15 is 0 Å². The van der Waals surface area contributed by atoms with Crippen LogP contribution >= 0.6 is 0 Å². The summed E-state index contributed by atoms with van der Waals surface area (Å²) in [6.07, 6.45) is 1.11. The molecule has 0 radical (unpaired) electrons. The summed E-state index contributed by atoms with van der Waals surface area (Å²) < 4.78 is 0. The number of hydrogen-bond donors (Lipinski definition) is 0. The van der Waals surface area contributed by atoms with E-state index in [2.05, 4.69) is 50.9 Å². The molecule has 1 nitrogen and oxygen atoms in total.